The zero-order chi connectivity index (χ0) is 12.0. The smallest absolute Gasteiger partial charge is 0.265 e. The van der Waals surface area contributed by atoms with Gasteiger partial charge in [0, 0.05) is 5.92 Å². The van der Waals surface area contributed by atoms with E-state index in [2.05, 4.69) is 32.8 Å². The molecule has 2 fully saturated rings. The molecular formula is C12H15BrN2O2. The molecule has 1 aliphatic carbocycles. The fourth-order valence-electron chi connectivity index (χ4n) is 2.28. The van der Waals surface area contributed by atoms with Gasteiger partial charge in [0.25, 0.3) is 5.56 Å². The number of halogens is 1. The van der Waals surface area contributed by atoms with Crippen molar-refractivity contribution in [2.24, 2.45) is 0 Å². The van der Waals surface area contributed by atoms with Crippen molar-refractivity contribution in [3.05, 3.63) is 26.3 Å². The lowest BCUT2D eigenvalue weighted by atomic mass is 10.2. The molecular weight excluding hydrogens is 284 g/mol. The lowest BCUT2D eigenvalue weighted by molar-refractivity contribution is 0.0500. The Kier molecular flexibility index (Phi) is 2.83. The first kappa shape index (κ1) is 11.4. The molecule has 3 rings (SSSR count). The van der Waals surface area contributed by atoms with Crippen LogP contribution in [0, 0.1) is 0 Å². The number of nitrogens with one attached hydrogen (secondary N) is 1. The van der Waals surface area contributed by atoms with Crippen LogP contribution in [0.5, 0.6) is 0 Å². The van der Waals surface area contributed by atoms with Crippen molar-refractivity contribution >= 4 is 15.9 Å². The van der Waals surface area contributed by atoms with Gasteiger partial charge >= 0.3 is 0 Å². The molecule has 92 valence electrons. The molecule has 0 aromatic carbocycles. The van der Waals surface area contributed by atoms with E-state index in [4.69, 9.17) is 4.74 Å². The molecule has 17 heavy (non-hydrogen) atoms. The molecule has 2 aliphatic rings. The maximum Gasteiger partial charge on any atom is 0.265 e. The van der Waals surface area contributed by atoms with Gasteiger partial charge in [-0.05, 0) is 48.5 Å². The van der Waals surface area contributed by atoms with Crippen LogP contribution < -0.4 is 5.56 Å². The molecule has 4 nitrogen and oxygen atoms in total. The summed E-state index contributed by atoms with van der Waals surface area (Å²) in [5, 5.41) is 0. The number of aromatic nitrogens is 2. The summed E-state index contributed by atoms with van der Waals surface area (Å²) in [6, 6.07) is 0. The van der Waals surface area contributed by atoms with Crippen LogP contribution in [-0.2, 0) is 4.74 Å². The average molecular weight is 299 g/mol. The summed E-state index contributed by atoms with van der Waals surface area (Å²) in [5.74, 6) is 1.16. The molecule has 0 amide bonds. The lowest BCUT2D eigenvalue weighted by Crippen LogP contribution is -2.18. The van der Waals surface area contributed by atoms with Crippen molar-refractivity contribution in [1.29, 1.82) is 0 Å². The summed E-state index contributed by atoms with van der Waals surface area (Å²) in [6.45, 7) is 2.05. The van der Waals surface area contributed by atoms with E-state index in [-0.39, 0.29) is 17.8 Å². The summed E-state index contributed by atoms with van der Waals surface area (Å²) in [5.41, 5.74) is 0.826. The standard InChI is InChI=1S/C12H15BrN2O2/c1-6-2-5-8(17-6)11-14-10(7-3-4-7)9(13)12(16)15-11/h6-8H,2-5H2,1H3,(H,14,15,16). The van der Waals surface area contributed by atoms with Gasteiger partial charge in [-0.3, -0.25) is 4.79 Å². The van der Waals surface area contributed by atoms with Crippen molar-refractivity contribution in [2.75, 3.05) is 0 Å². The number of nitrogens with zero attached hydrogens (tertiary/aromatic N) is 1. The molecule has 5 heteroatoms. The number of rotatable bonds is 2. The van der Waals surface area contributed by atoms with Gasteiger partial charge in [0.1, 0.15) is 16.4 Å². The minimum absolute atomic E-state index is 0.0386. The summed E-state index contributed by atoms with van der Waals surface area (Å²) in [6.07, 6.45) is 4.47. The second kappa shape index (κ2) is 4.21. The van der Waals surface area contributed by atoms with E-state index in [1.807, 2.05) is 0 Å². The van der Waals surface area contributed by atoms with E-state index in [0.717, 1.165) is 31.4 Å². The summed E-state index contributed by atoms with van der Waals surface area (Å²) >= 11 is 3.33. The summed E-state index contributed by atoms with van der Waals surface area (Å²) < 4.78 is 6.34. The third kappa shape index (κ3) is 2.18. The molecule has 1 N–H and O–H groups in total. The van der Waals surface area contributed by atoms with Crippen molar-refractivity contribution in [3.8, 4) is 0 Å². The van der Waals surface area contributed by atoms with Crippen molar-refractivity contribution in [2.45, 2.75) is 50.7 Å². The van der Waals surface area contributed by atoms with Gasteiger partial charge in [0.05, 0.1) is 11.8 Å². The van der Waals surface area contributed by atoms with Crippen LogP contribution in [0.1, 0.15) is 56.1 Å². The minimum Gasteiger partial charge on any atom is -0.367 e. The van der Waals surface area contributed by atoms with Crippen LogP contribution in [0.2, 0.25) is 0 Å². The quantitative estimate of drug-likeness (QED) is 0.913. The second-order valence-electron chi connectivity index (χ2n) is 4.94. The summed E-state index contributed by atoms with van der Waals surface area (Å²) in [7, 11) is 0. The highest BCUT2D eigenvalue weighted by atomic mass is 79.9. The monoisotopic (exact) mass is 298 g/mol. The number of hydrogen-bond donors (Lipinski definition) is 1. The van der Waals surface area contributed by atoms with Gasteiger partial charge < -0.3 is 9.72 Å². The fourth-order valence-corrected chi connectivity index (χ4v) is 2.79. The second-order valence-corrected chi connectivity index (χ2v) is 5.73. The van der Waals surface area contributed by atoms with Crippen LogP contribution in [-0.4, -0.2) is 16.1 Å². The molecule has 2 unspecified atom stereocenters. The number of aromatic amines is 1. The minimum atomic E-state index is -0.0833. The molecule has 1 saturated heterocycles. The molecule has 0 bridgehead atoms. The molecule has 0 radical (unpaired) electrons. The Labute approximate surface area is 108 Å². The van der Waals surface area contributed by atoms with Crippen LogP contribution in [0.3, 0.4) is 0 Å². The maximum atomic E-state index is 11.8. The lowest BCUT2D eigenvalue weighted by Gasteiger charge is -2.12. The van der Waals surface area contributed by atoms with E-state index in [1.54, 1.807) is 0 Å². The van der Waals surface area contributed by atoms with Gasteiger partial charge in [-0.1, -0.05) is 0 Å². The highest BCUT2D eigenvalue weighted by molar-refractivity contribution is 9.10. The van der Waals surface area contributed by atoms with Gasteiger partial charge in [0.15, 0.2) is 0 Å². The third-order valence-corrected chi connectivity index (χ3v) is 4.17. The average Bonchev–Trinajstić information content (AvgIpc) is 3.05. The van der Waals surface area contributed by atoms with Crippen molar-refractivity contribution < 1.29 is 4.74 Å². The van der Waals surface area contributed by atoms with Crippen LogP contribution in [0.15, 0.2) is 9.27 Å². The van der Waals surface area contributed by atoms with Gasteiger partial charge in [-0.25, -0.2) is 4.98 Å². The van der Waals surface area contributed by atoms with Crippen LogP contribution in [0.4, 0.5) is 0 Å². The number of H-pyrrole nitrogens is 1. The Morgan fingerprint density at radius 1 is 1.35 bits per heavy atom. The predicted octanol–water partition coefficient (Wildman–Crippen LogP) is 2.65. The van der Waals surface area contributed by atoms with E-state index >= 15 is 0 Å². The first-order valence-electron chi connectivity index (χ1n) is 6.10. The molecule has 1 saturated carbocycles. The molecule has 1 aliphatic heterocycles. The maximum absolute atomic E-state index is 11.8. The summed E-state index contributed by atoms with van der Waals surface area (Å²) in [4.78, 5) is 19.2. The van der Waals surface area contributed by atoms with Crippen molar-refractivity contribution in [1.82, 2.24) is 9.97 Å². The molecule has 1 aromatic rings. The first-order chi connectivity index (χ1) is 8.15. The first-order valence-corrected chi connectivity index (χ1v) is 6.89. The zero-order valence-electron chi connectivity index (χ0n) is 9.70. The number of ether oxygens (including phenoxy) is 1. The molecule has 0 spiro atoms. The fraction of sp³-hybridized carbons (Fsp3) is 0.667. The zero-order valence-corrected chi connectivity index (χ0v) is 11.3. The molecule has 2 atom stereocenters. The number of hydrogen-bond acceptors (Lipinski definition) is 3. The van der Waals surface area contributed by atoms with E-state index in [1.165, 1.54) is 0 Å². The van der Waals surface area contributed by atoms with E-state index in [0.29, 0.717) is 16.2 Å². The predicted molar refractivity (Wildman–Crippen MR) is 67.1 cm³/mol. The highest BCUT2D eigenvalue weighted by Crippen LogP contribution is 2.42. The Bertz CT molecular complexity index is 496. The SMILES string of the molecule is CC1CCC(c2nc(C3CC3)c(Br)c(=O)[nH]2)O1. The van der Waals surface area contributed by atoms with Gasteiger partial charge in [-0.15, -0.1) is 0 Å². The van der Waals surface area contributed by atoms with Gasteiger partial charge in [-0.2, -0.15) is 0 Å². The largest absolute Gasteiger partial charge is 0.367 e. The third-order valence-electron chi connectivity index (χ3n) is 3.41. The normalized spacial score (nSPS) is 28.6. The molecule has 2 heterocycles. The van der Waals surface area contributed by atoms with E-state index < -0.39 is 0 Å². The Hall–Kier alpha value is -0.680. The van der Waals surface area contributed by atoms with Crippen LogP contribution in [0.25, 0.3) is 0 Å². The highest BCUT2D eigenvalue weighted by Gasteiger charge is 2.31. The van der Waals surface area contributed by atoms with Crippen LogP contribution >= 0.6 is 15.9 Å². The van der Waals surface area contributed by atoms with Gasteiger partial charge in [0.2, 0.25) is 0 Å². The topological polar surface area (TPSA) is 55.0 Å². The Balaban J connectivity index is 1.97. The Morgan fingerprint density at radius 2 is 2.12 bits per heavy atom. The Morgan fingerprint density at radius 3 is 2.71 bits per heavy atom. The van der Waals surface area contributed by atoms with E-state index in [9.17, 15) is 4.79 Å². The molecule has 1 aromatic heterocycles. The van der Waals surface area contributed by atoms with Crippen molar-refractivity contribution in [3.63, 3.8) is 0 Å².